The number of nitrogens with zero attached hydrogens (tertiary/aromatic N) is 1. The number of amides is 1. The van der Waals surface area contributed by atoms with Crippen molar-refractivity contribution < 1.29 is 4.79 Å². The van der Waals surface area contributed by atoms with Gasteiger partial charge in [-0.1, -0.05) is 19.1 Å². The second-order valence-electron chi connectivity index (χ2n) is 6.45. The van der Waals surface area contributed by atoms with Crippen LogP contribution in [0.2, 0.25) is 0 Å². The normalized spacial score (nSPS) is 29.2. The highest BCUT2D eigenvalue weighted by Gasteiger charge is 2.35. The number of hydrogen-bond acceptors (Lipinski definition) is 3. The summed E-state index contributed by atoms with van der Waals surface area (Å²) in [5.74, 6) is 0.700. The fourth-order valence-corrected chi connectivity index (χ4v) is 3.25. The predicted octanol–water partition coefficient (Wildman–Crippen LogP) is 1.79. The smallest absolute Gasteiger partial charge is 0.229 e. The minimum atomic E-state index is -0.513. The summed E-state index contributed by atoms with van der Waals surface area (Å²) in [6, 6.07) is 8.34. The van der Waals surface area contributed by atoms with Crippen molar-refractivity contribution >= 4 is 17.6 Å². The number of carbonyl (C=O) groups excluding carboxylic acids is 1. The highest BCUT2D eigenvalue weighted by Crippen LogP contribution is 2.31. The van der Waals surface area contributed by atoms with Gasteiger partial charge in [0, 0.05) is 18.8 Å². The molecule has 0 spiro atoms. The van der Waals surface area contributed by atoms with Crippen LogP contribution in [0.5, 0.6) is 0 Å². The third kappa shape index (κ3) is 2.73. The molecule has 1 amide bonds. The summed E-state index contributed by atoms with van der Waals surface area (Å²) in [6.45, 7) is 6.43. The Labute approximate surface area is 125 Å². The first kappa shape index (κ1) is 13.9. The lowest BCUT2D eigenvalue weighted by molar-refractivity contribution is -0.121. The molecule has 2 fully saturated rings. The Kier molecular flexibility index (Phi) is 3.35. The summed E-state index contributed by atoms with van der Waals surface area (Å²) in [5.41, 5.74) is 1.75. The van der Waals surface area contributed by atoms with Gasteiger partial charge in [0.2, 0.25) is 5.91 Å². The van der Waals surface area contributed by atoms with Gasteiger partial charge in [0.25, 0.3) is 0 Å². The van der Waals surface area contributed by atoms with E-state index < -0.39 is 5.54 Å². The molecular formula is C16H22N4O. The molecule has 0 aliphatic carbocycles. The molecule has 21 heavy (non-hydrogen) atoms. The quantitative estimate of drug-likeness (QED) is 0.776. The number of hydrogen-bond donors (Lipinski definition) is 3. The third-order valence-electron chi connectivity index (χ3n) is 4.45. The van der Waals surface area contributed by atoms with Crippen molar-refractivity contribution in [1.82, 2.24) is 10.6 Å². The maximum atomic E-state index is 11.7. The van der Waals surface area contributed by atoms with E-state index >= 15 is 0 Å². The lowest BCUT2D eigenvalue weighted by atomic mass is 9.86. The molecule has 0 aromatic heterocycles. The maximum Gasteiger partial charge on any atom is 0.229 e. The fraction of sp³-hybridized carbons (Fsp3) is 0.500. The Morgan fingerprint density at radius 3 is 2.90 bits per heavy atom. The zero-order valence-electron chi connectivity index (χ0n) is 12.6. The lowest BCUT2D eigenvalue weighted by Gasteiger charge is -2.36. The Morgan fingerprint density at radius 2 is 2.24 bits per heavy atom. The molecule has 2 heterocycles. The van der Waals surface area contributed by atoms with Gasteiger partial charge in [-0.3, -0.25) is 15.5 Å². The van der Waals surface area contributed by atoms with Crippen LogP contribution in [-0.2, 0) is 10.3 Å². The fourth-order valence-electron chi connectivity index (χ4n) is 3.25. The molecule has 2 saturated heterocycles. The van der Waals surface area contributed by atoms with Gasteiger partial charge in [-0.05, 0) is 37.0 Å². The van der Waals surface area contributed by atoms with Gasteiger partial charge in [0.05, 0.1) is 12.0 Å². The van der Waals surface area contributed by atoms with Gasteiger partial charge in [-0.15, -0.1) is 0 Å². The number of benzene rings is 1. The van der Waals surface area contributed by atoms with Crippen molar-refractivity contribution in [2.75, 3.05) is 18.0 Å². The van der Waals surface area contributed by atoms with E-state index in [1.54, 1.807) is 0 Å². The van der Waals surface area contributed by atoms with Crippen LogP contribution >= 0.6 is 0 Å². The average molecular weight is 286 g/mol. The van der Waals surface area contributed by atoms with Gasteiger partial charge >= 0.3 is 0 Å². The topological polar surface area (TPSA) is 68.2 Å². The number of nitrogens with one attached hydrogen (secondary N) is 3. The van der Waals surface area contributed by atoms with E-state index in [-0.39, 0.29) is 11.9 Å². The monoisotopic (exact) mass is 286 g/mol. The summed E-state index contributed by atoms with van der Waals surface area (Å²) in [6.07, 6.45) is 1.57. The third-order valence-corrected chi connectivity index (χ3v) is 4.45. The predicted molar refractivity (Wildman–Crippen MR) is 83.4 cm³/mol. The largest absolute Gasteiger partial charge is 0.371 e. The van der Waals surface area contributed by atoms with Crippen molar-refractivity contribution in [1.29, 1.82) is 5.41 Å². The van der Waals surface area contributed by atoms with Crippen LogP contribution < -0.4 is 15.5 Å². The molecule has 2 aliphatic heterocycles. The summed E-state index contributed by atoms with van der Waals surface area (Å²) < 4.78 is 0. The zero-order chi connectivity index (χ0) is 15.0. The Balaban J connectivity index is 1.88. The molecule has 0 bridgehead atoms. The zero-order valence-corrected chi connectivity index (χ0v) is 12.6. The Hall–Kier alpha value is -2.04. The van der Waals surface area contributed by atoms with E-state index in [2.05, 4.69) is 34.6 Å². The molecule has 3 N–H and O–H groups in total. The SMILES string of the molecule is CC1CCN(c2cccc([C@]3(C)CC(=O)NC(=N)N3)c2)C1. The van der Waals surface area contributed by atoms with Crippen LogP contribution in [0.1, 0.15) is 32.3 Å². The highest BCUT2D eigenvalue weighted by molar-refractivity contribution is 5.99. The molecule has 1 unspecified atom stereocenters. The van der Waals surface area contributed by atoms with Crippen molar-refractivity contribution in [2.24, 2.45) is 5.92 Å². The van der Waals surface area contributed by atoms with E-state index in [4.69, 9.17) is 5.41 Å². The van der Waals surface area contributed by atoms with Crippen LogP contribution in [0.4, 0.5) is 5.69 Å². The van der Waals surface area contributed by atoms with Gasteiger partial charge in [-0.25, -0.2) is 0 Å². The number of guanidine groups is 1. The van der Waals surface area contributed by atoms with E-state index in [0.717, 1.165) is 24.6 Å². The highest BCUT2D eigenvalue weighted by atomic mass is 16.2. The van der Waals surface area contributed by atoms with Crippen LogP contribution in [-0.4, -0.2) is 25.0 Å². The van der Waals surface area contributed by atoms with Crippen LogP contribution in [0.15, 0.2) is 24.3 Å². The molecule has 1 aromatic rings. The van der Waals surface area contributed by atoms with Crippen LogP contribution in [0.3, 0.4) is 0 Å². The van der Waals surface area contributed by atoms with Crippen molar-refractivity contribution in [3.8, 4) is 0 Å². The minimum Gasteiger partial charge on any atom is -0.371 e. The van der Waals surface area contributed by atoms with E-state index in [1.807, 2.05) is 19.1 Å². The molecule has 0 radical (unpaired) electrons. The molecule has 2 aliphatic rings. The van der Waals surface area contributed by atoms with Crippen molar-refractivity contribution in [3.63, 3.8) is 0 Å². The molecular weight excluding hydrogens is 264 g/mol. The van der Waals surface area contributed by atoms with E-state index in [0.29, 0.717) is 6.42 Å². The number of anilines is 1. The summed E-state index contributed by atoms with van der Waals surface area (Å²) in [5, 5.41) is 13.3. The maximum absolute atomic E-state index is 11.7. The summed E-state index contributed by atoms with van der Waals surface area (Å²) in [4.78, 5) is 14.1. The van der Waals surface area contributed by atoms with Gasteiger partial charge in [-0.2, -0.15) is 0 Å². The van der Waals surface area contributed by atoms with E-state index in [1.165, 1.54) is 12.1 Å². The number of rotatable bonds is 2. The average Bonchev–Trinajstić information content (AvgIpc) is 2.84. The molecule has 3 rings (SSSR count). The molecule has 2 atom stereocenters. The second kappa shape index (κ2) is 5.06. The molecule has 5 nitrogen and oxygen atoms in total. The molecule has 0 saturated carbocycles. The van der Waals surface area contributed by atoms with Crippen LogP contribution in [0.25, 0.3) is 0 Å². The molecule has 112 valence electrons. The number of carbonyl (C=O) groups is 1. The first-order valence-electron chi connectivity index (χ1n) is 7.48. The van der Waals surface area contributed by atoms with Crippen LogP contribution in [0, 0.1) is 11.3 Å². The van der Waals surface area contributed by atoms with Gasteiger partial charge in [0.15, 0.2) is 5.96 Å². The standard InChI is InChI=1S/C16H22N4O/c1-11-6-7-20(10-11)13-5-3-4-12(8-13)16(2)9-14(21)18-15(17)19-16/h3-5,8,11H,6-7,9-10H2,1-2H3,(H3,17,18,19,21)/t11?,16-/m0/s1. The van der Waals surface area contributed by atoms with E-state index in [9.17, 15) is 4.79 Å². The Morgan fingerprint density at radius 1 is 1.43 bits per heavy atom. The van der Waals surface area contributed by atoms with Crippen molar-refractivity contribution in [2.45, 2.75) is 32.2 Å². The first-order chi connectivity index (χ1) is 9.96. The minimum absolute atomic E-state index is 0.0777. The molecule has 5 heteroatoms. The summed E-state index contributed by atoms with van der Waals surface area (Å²) >= 11 is 0. The second-order valence-corrected chi connectivity index (χ2v) is 6.45. The van der Waals surface area contributed by atoms with Gasteiger partial charge < -0.3 is 10.2 Å². The molecule has 1 aromatic carbocycles. The van der Waals surface area contributed by atoms with Crippen molar-refractivity contribution in [3.05, 3.63) is 29.8 Å². The lowest BCUT2D eigenvalue weighted by Crippen LogP contribution is -2.57. The van der Waals surface area contributed by atoms with Gasteiger partial charge in [0.1, 0.15) is 0 Å². The summed E-state index contributed by atoms with van der Waals surface area (Å²) in [7, 11) is 0. The Bertz CT molecular complexity index is 567. The first-order valence-corrected chi connectivity index (χ1v) is 7.48.